The molecule has 0 radical (unpaired) electrons. The van der Waals surface area contributed by atoms with Gasteiger partial charge in [0.25, 0.3) is 0 Å². The molecule has 1 saturated carbocycles. The molecule has 0 amide bonds. The van der Waals surface area contributed by atoms with Crippen LogP contribution in [0.4, 0.5) is 0 Å². The predicted molar refractivity (Wildman–Crippen MR) is 95.6 cm³/mol. The molecule has 24 heavy (non-hydrogen) atoms. The van der Waals surface area contributed by atoms with Crippen LogP contribution in [0.5, 0.6) is 0 Å². The molecule has 3 nitrogen and oxygen atoms in total. The summed E-state index contributed by atoms with van der Waals surface area (Å²) in [6.07, 6.45) is 9.39. The molecule has 3 aliphatic rings. The number of aliphatic hydroxyl groups is 1. The third kappa shape index (κ3) is 3.57. The fraction of sp³-hybridized carbons (Fsp3) is 0.667. The highest BCUT2D eigenvalue weighted by molar-refractivity contribution is 5.98. The highest BCUT2D eigenvalue weighted by Crippen LogP contribution is 2.44. The number of carbonyl (C=O) groups excluding carboxylic acids is 1. The lowest BCUT2D eigenvalue weighted by molar-refractivity contribution is -0.114. The van der Waals surface area contributed by atoms with Crippen LogP contribution in [0.25, 0.3) is 0 Å². The number of ether oxygens (including phenoxy) is 1. The number of epoxide rings is 1. The van der Waals surface area contributed by atoms with E-state index in [2.05, 4.69) is 39.5 Å². The van der Waals surface area contributed by atoms with E-state index in [9.17, 15) is 9.90 Å². The van der Waals surface area contributed by atoms with E-state index in [1.165, 1.54) is 11.1 Å². The molecule has 1 N–H and O–H groups in total. The monoisotopic (exact) mass is 330 g/mol. The van der Waals surface area contributed by atoms with E-state index in [1.807, 2.05) is 0 Å². The molecule has 0 spiro atoms. The Morgan fingerprint density at radius 2 is 2.04 bits per heavy atom. The zero-order valence-corrected chi connectivity index (χ0v) is 15.2. The Labute approximate surface area is 145 Å². The Kier molecular flexibility index (Phi) is 4.85. The number of carbonyl (C=O) groups is 1. The number of fused-ring (bicyclic) bond motifs is 2. The summed E-state index contributed by atoms with van der Waals surface area (Å²) in [7, 11) is 0. The topological polar surface area (TPSA) is 49.8 Å². The van der Waals surface area contributed by atoms with Gasteiger partial charge in [0, 0.05) is 12.3 Å². The third-order valence-corrected chi connectivity index (χ3v) is 6.06. The van der Waals surface area contributed by atoms with E-state index in [0.29, 0.717) is 24.5 Å². The van der Waals surface area contributed by atoms with Gasteiger partial charge in [-0.05, 0) is 64.4 Å². The lowest BCUT2D eigenvalue weighted by atomic mass is 9.83. The average Bonchev–Trinajstić information content (AvgIpc) is 3.05. The molecular weight excluding hydrogens is 300 g/mol. The minimum Gasteiger partial charge on any atom is -0.392 e. The van der Waals surface area contributed by atoms with E-state index in [0.717, 1.165) is 25.7 Å². The van der Waals surface area contributed by atoms with E-state index in [-0.39, 0.29) is 23.2 Å². The smallest absolute Gasteiger partial charge is 0.159 e. The van der Waals surface area contributed by atoms with Crippen LogP contribution in [0.15, 0.2) is 35.5 Å². The molecule has 0 bridgehead atoms. The van der Waals surface area contributed by atoms with Gasteiger partial charge in [-0.2, -0.15) is 0 Å². The second-order valence-electron chi connectivity index (χ2n) is 8.17. The number of Topliss-reactive ketones (excluding diaryl/α,β-unsaturated/α-hetero) is 1. The van der Waals surface area contributed by atoms with E-state index < -0.39 is 6.10 Å². The van der Waals surface area contributed by atoms with Crippen molar-refractivity contribution < 1.29 is 14.6 Å². The van der Waals surface area contributed by atoms with Crippen LogP contribution in [0.2, 0.25) is 0 Å². The quantitative estimate of drug-likeness (QED) is 0.413. The maximum Gasteiger partial charge on any atom is 0.159 e. The fourth-order valence-corrected chi connectivity index (χ4v) is 4.42. The molecule has 5 atom stereocenters. The molecule has 2 fully saturated rings. The molecule has 1 saturated heterocycles. The van der Waals surface area contributed by atoms with E-state index >= 15 is 0 Å². The summed E-state index contributed by atoms with van der Waals surface area (Å²) in [6.45, 7) is 10.4. The summed E-state index contributed by atoms with van der Waals surface area (Å²) >= 11 is 0. The van der Waals surface area contributed by atoms with Gasteiger partial charge in [0.2, 0.25) is 0 Å². The van der Waals surface area contributed by atoms with Gasteiger partial charge in [-0.1, -0.05) is 29.9 Å². The van der Waals surface area contributed by atoms with Crippen LogP contribution in [0, 0.1) is 11.8 Å². The summed E-state index contributed by atoms with van der Waals surface area (Å²) in [5, 5.41) is 10.7. The number of aliphatic hydroxyl groups excluding tert-OH is 1. The van der Waals surface area contributed by atoms with Crippen molar-refractivity contribution in [1.29, 1.82) is 0 Å². The zero-order valence-electron chi connectivity index (χ0n) is 15.2. The first-order valence-electron chi connectivity index (χ1n) is 9.21. The second-order valence-corrected chi connectivity index (χ2v) is 8.17. The Bertz CT molecular complexity index is 600. The summed E-state index contributed by atoms with van der Waals surface area (Å²) in [6, 6.07) is 0. The normalized spacial score (nSPS) is 45.3. The third-order valence-electron chi connectivity index (χ3n) is 6.06. The van der Waals surface area contributed by atoms with Crippen molar-refractivity contribution in [2.45, 2.75) is 77.1 Å². The Hall–Kier alpha value is -1.19. The maximum absolute atomic E-state index is 12.1. The van der Waals surface area contributed by atoms with Gasteiger partial charge in [-0.3, -0.25) is 4.79 Å². The van der Waals surface area contributed by atoms with Crippen LogP contribution in [-0.2, 0) is 9.53 Å². The van der Waals surface area contributed by atoms with Crippen molar-refractivity contribution in [3.63, 3.8) is 0 Å². The van der Waals surface area contributed by atoms with E-state index in [4.69, 9.17) is 4.74 Å². The number of rotatable bonds is 0. The SMILES string of the molecule is C=C1C(=O)C[C@H]2/C=C(\C)CC[C@H]3O[C@]3(C)CC/C=C(\C)C[C@H](O)[C@@H]12. The van der Waals surface area contributed by atoms with Crippen LogP contribution in [-0.4, -0.2) is 28.7 Å². The summed E-state index contributed by atoms with van der Waals surface area (Å²) in [4.78, 5) is 12.1. The first-order chi connectivity index (χ1) is 11.3. The first-order valence-corrected chi connectivity index (χ1v) is 9.21. The summed E-state index contributed by atoms with van der Waals surface area (Å²) in [5.41, 5.74) is 3.11. The lowest BCUT2D eigenvalue weighted by Crippen LogP contribution is -2.25. The van der Waals surface area contributed by atoms with Gasteiger partial charge in [0.1, 0.15) is 0 Å². The minimum absolute atomic E-state index is 0.0277. The minimum atomic E-state index is -0.530. The molecule has 0 unspecified atom stereocenters. The van der Waals surface area contributed by atoms with Crippen LogP contribution >= 0.6 is 0 Å². The highest BCUT2D eigenvalue weighted by atomic mass is 16.6. The van der Waals surface area contributed by atoms with Crippen molar-refractivity contribution in [1.82, 2.24) is 0 Å². The van der Waals surface area contributed by atoms with E-state index in [1.54, 1.807) is 0 Å². The van der Waals surface area contributed by atoms with Crippen LogP contribution < -0.4 is 0 Å². The van der Waals surface area contributed by atoms with Crippen molar-refractivity contribution in [3.8, 4) is 0 Å². The molecule has 3 heteroatoms. The zero-order chi connectivity index (χ0) is 17.5. The number of hydrogen-bond donors (Lipinski definition) is 1. The fourth-order valence-electron chi connectivity index (χ4n) is 4.42. The first kappa shape index (κ1) is 17.6. The summed E-state index contributed by atoms with van der Waals surface area (Å²) < 4.78 is 5.93. The number of hydrogen-bond acceptors (Lipinski definition) is 3. The van der Waals surface area contributed by atoms with Gasteiger partial charge in [0.15, 0.2) is 5.78 Å². The Balaban J connectivity index is 1.83. The molecule has 0 aromatic carbocycles. The maximum atomic E-state index is 12.1. The van der Waals surface area contributed by atoms with Crippen molar-refractivity contribution in [2.75, 3.05) is 0 Å². The van der Waals surface area contributed by atoms with Crippen LogP contribution in [0.1, 0.15) is 59.3 Å². The van der Waals surface area contributed by atoms with Crippen molar-refractivity contribution >= 4 is 5.78 Å². The second kappa shape index (κ2) is 6.61. The highest BCUT2D eigenvalue weighted by Gasteiger charge is 2.50. The molecule has 3 rings (SSSR count). The van der Waals surface area contributed by atoms with Gasteiger partial charge in [-0.15, -0.1) is 0 Å². The standard InChI is InChI=1S/C21H30O3/c1-13-6-5-9-21(4)19(24-21)8-7-14(2)10-16-12-17(22)15(3)20(16)18(23)11-13/h6,10,16,18-20,23H,3,5,7-9,11-12H2,1-2,4H3/b13-6+,14-10+/t16-,18+,19-,20+,21-/m1/s1. The Morgan fingerprint density at radius 1 is 1.29 bits per heavy atom. The van der Waals surface area contributed by atoms with Gasteiger partial charge in [-0.25, -0.2) is 0 Å². The van der Waals surface area contributed by atoms with Gasteiger partial charge >= 0.3 is 0 Å². The largest absolute Gasteiger partial charge is 0.392 e. The lowest BCUT2D eigenvalue weighted by Gasteiger charge is -2.24. The molecule has 132 valence electrons. The van der Waals surface area contributed by atoms with Crippen molar-refractivity contribution in [3.05, 3.63) is 35.5 Å². The number of allylic oxidation sites excluding steroid dienone is 3. The molecule has 1 heterocycles. The van der Waals surface area contributed by atoms with Crippen LogP contribution in [0.3, 0.4) is 0 Å². The van der Waals surface area contributed by atoms with Gasteiger partial charge in [0.05, 0.1) is 17.8 Å². The average molecular weight is 330 g/mol. The van der Waals surface area contributed by atoms with Crippen molar-refractivity contribution in [2.24, 2.45) is 11.8 Å². The van der Waals surface area contributed by atoms with Gasteiger partial charge < -0.3 is 9.84 Å². The summed E-state index contributed by atoms with van der Waals surface area (Å²) in [5.74, 6) is 0.0561. The number of ketones is 1. The Morgan fingerprint density at radius 3 is 2.79 bits per heavy atom. The molecule has 0 aromatic rings. The molecule has 0 aromatic heterocycles. The molecular formula is C21H30O3. The molecule has 2 aliphatic carbocycles. The molecule has 1 aliphatic heterocycles. The predicted octanol–water partition coefficient (Wildman–Crippen LogP) is 4.12.